The largest absolute Gasteiger partial charge is 0.478 e. The minimum atomic E-state index is -0.909. The van der Waals surface area contributed by atoms with Crippen LogP contribution in [-0.2, 0) is 0 Å². The van der Waals surface area contributed by atoms with E-state index in [0.717, 1.165) is 26.5 Å². The van der Waals surface area contributed by atoms with Crippen LogP contribution in [0, 0.1) is 0 Å². The number of carboxylic acids is 1. The molecule has 3 nitrogen and oxygen atoms in total. The zero-order valence-corrected chi connectivity index (χ0v) is 13.5. The number of hydrogen-bond acceptors (Lipinski definition) is 4. The van der Waals surface area contributed by atoms with Gasteiger partial charge in [-0.15, -0.1) is 22.7 Å². The molecular weight excluding hydrogens is 326 g/mol. The van der Waals surface area contributed by atoms with Gasteiger partial charge in [0.25, 0.3) is 0 Å². The van der Waals surface area contributed by atoms with E-state index < -0.39 is 5.97 Å². The summed E-state index contributed by atoms with van der Waals surface area (Å²) >= 11 is 3.33. The predicted molar refractivity (Wildman–Crippen MR) is 95.3 cm³/mol. The van der Waals surface area contributed by atoms with Crippen molar-refractivity contribution in [3.63, 3.8) is 0 Å². The molecule has 2 aromatic carbocycles. The van der Waals surface area contributed by atoms with E-state index in [2.05, 4.69) is 12.1 Å². The van der Waals surface area contributed by atoms with Crippen LogP contribution in [-0.4, -0.2) is 16.1 Å². The summed E-state index contributed by atoms with van der Waals surface area (Å²) in [6, 6.07) is 17.1. The molecule has 0 unspecified atom stereocenters. The molecule has 5 heteroatoms. The third-order valence-corrected chi connectivity index (χ3v) is 5.70. The van der Waals surface area contributed by atoms with Crippen molar-refractivity contribution in [3.05, 3.63) is 65.5 Å². The Balaban J connectivity index is 1.80. The van der Waals surface area contributed by atoms with Crippen molar-refractivity contribution in [3.8, 4) is 21.0 Å². The summed E-state index contributed by atoms with van der Waals surface area (Å²) in [4.78, 5) is 16.8. The van der Waals surface area contributed by atoms with Gasteiger partial charge in [0.1, 0.15) is 5.01 Å². The zero-order chi connectivity index (χ0) is 15.8. The molecular formula is C18H11NO2S2. The van der Waals surface area contributed by atoms with Crippen molar-refractivity contribution >= 4 is 38.9 Å². The standard InChI is InChI=1S/C18H11NO2S2/c20-18(21)12-7-5-11(6-8-12)13-9-10-22-16(13)17-19-14-3-1-2-4-15(14)23-17/h1-10H,(H,20,21). The van der Waals surface area contributed by atoms with Gasteiger partial charge in [0, 0.05) is 5.56 Å². The smallest absolute Gasteiger partial charge is 0.335 e. The molecule has 0 atom stereocenters. The van der Waals surface area contributed by atoms with Crippen LogP contribution < -0.4 is 0 Å². The Morgan fingerprint density at radius 3 is 2.52 bits per heavy atom. The lowest BCUT2D eigenvalue weighted by Gasteiger charge is -2.02. The number of benzene rings is 2. The number of hydrogen-bond donors (Lipinski definition) is 1. The summed E-state index contributed by atoms with van der Waals surface area (Å²) in [5, 5.41) is 12.1. The molecule has 0 saturated heterocycles. The average Bonchev–Trinajstić information content (AvgIpc) is 3.21. The van der Waals surface area contributed by atoms with E-state index in [1.165, 1.54) is 4.70 Å². The van der Waals surface area contributed by atoms with Gasteiger partial charge >= 0.3 is 5.97 Å². The Kier molecular flexibility index (Phi) is 3.44. The number of fused-ring (bicyclic) bond motifs is 1. The quantitative estimate of drug-likeness (QED) is 0.545. The minimum absolute atomic E-state index is 0.297. The number of aromatic nitrogens is 1. The first-order valence-corrected chi connectivity index (χ1v) is 8.69. The van der Waals surface area contributed by atoms with Gasteiger partial charge in [-0.05, 0) is 41.3 Å². The molecule has 23 heavy (non-hydrogen) atoms. The summed E-state index contributed by atoms with van der Waals surface area (Å²) < 4.78 is 1.17. The maximum absolute atomic E-state index is 11.0. The molecule has 0 aliphatic heterocycles. The first-order valence-electron chi connectivity index (χ1n) is 6.99. The van der Waals surface area contributed by atoms with Gasteiger partial charge in [0.2, 0.25) is 0 Å². The van der Waals surface area contributed by atoms with Gasteiger partial charge in [-0.3, -0.25) is 0 Å². The lowest BCUT2D eigenvalue weighted by Crippen LogP contribution is -1.94. The third-order valence-electron chi connectivity index (χ3n) is 3.60. The Bertz CT molecular complexity index is 966. The van der Waals surface area contributed by atoms with Crippen molar-refractivity contribution in [2.75, 3.05) is 0 Å². The monoisotopic (exact) mass is 337 g/mol. The van der Waals surface area contributed by atoms with Crippen LogP contribution in [0.3, 0.4) is 0 Å². The second-order valence-corrected chi connectivity index (χ2v) is 6.98. The SMILES string of the molecule is O=C(O)c1ccc(-c2ccsc2-c2nc3ccccc3s2)cc1. The van der Waals surface area contributed by atoms with Gasteiger partial charge in [0.05, 0.1) is 20.7 Å². The fourth-order valence-electron chi connectivity index (χ4n) is 2.46. The Hall–Kier alpha value is -2.50. The summed E-state index contributed by atoms with van der Waals surface area (Å²) in [5.74, 6) is -0.909. The molecule has 2 heterocycles. The molecule has 2 aromatic heterocycles. The molecule has 0 saturated carbocycles. The number of carboxylic acid groups (broad SMARTS) is 1. The van der Waals surface area contributed by atoms with Crippen molar-refractivity contribution in [1.82, 2.24) is 4.98 Å². The minimum Gasteiger partial charge on any atom is -0.478 e. The van der Waals surface area contributed by atoms with Gasteiger partial charge in [-0.2, -0.15) is 0 Å². The fourth-order valence-corrected chi connectivity index (χ4v) is 4.45. The van der Waals surface area contributed by atoms with Crippen LogP contribution in [0.25, 0.3) is 31.2 Å². The molecule has 112 valence electrons. The molecule has 0 aliphatic rings. The van der Waals surface area contributed by atoms with E-state index in [1.54, 1.807) is 34.8 Å². The topological polar surface area (TPSA) is 50.2 Å². The normalized spacial score (nSPS) is 11.0. The number of thiophene rings is 1. The molecule has 4 rings (SSSR count). The Morgan fingerprint density at radius 1 is 1.00 bits per heavy atom. The van der Waals surface area contributed by atoms with E-state index in [1.807, 2.05) is 35.7 Å². The summed E-state index contributed by atoms with van der Waals surface area (Å²) in [6.07, 6.45) is 0. The van der Waals surface area contributed by atoms with Gasteiger partial charge < -0.3 is 5.11 Å². The van der Waals surface area contributed by atoms with E-state index in [4.69, 9.17) is 10.1 Å². The van der Waals surface area contributed by atoms with E-state index in [9.17, 15) is 4.79 Å². The highest BCUT2D eigenvalue weighted by Crippen LogP contribution is 2.40. The maximum atomic E-state index is 11.0. The van der Waals surface area contributed by atoms with E-state index in [0.29, 0.717) is 5.56 Å². The van der Waals surface area contributed by atoms with Gasteiger partial charge in [-0.25, -0.2) is 9.78 Å². The third kappa shape index (κ3) is 2.54. The van der Waals surface area contributed by atoms with Gasteiger partial charge in [0.15, 0.2) is 0 Å². The molecule has 0 amide bonds. The highest BCUT2D eigenvalue weighted by molar-refractivity contribution is 7.25. The first-order chi connectivity index (χ1) is 11.2. The van der Waals surface area contributed by atoms with E-state index >= 15 is 0 Å². The van der Waals surface area contributed by atoms with Crippen LogP contribution in [0.2, 0.25) is 0 Å². The maximum Gasteiger partial charge on any atom is 0.335 e. The van der Waals surface area contributed by atoms with Crippen LogP contribution in [0.15, 0.2) is 60.0 Å². The zero-order valence-electron chi connectivity index (χ0n) is 11.9. The predicted octanol–water partition coefficient (Wildman–Crippen LogP) is 5.39. The second kappa shape index (κ2) is 5.61. The summed E-state index contributed by atoms with van der Waals surface area (Å²) in [6.45, 7) is 0. The second-order valence-electron chi connectivity index (χ2n) is 5.03. The van der Waals surface area contributed by atoms with Crippen molar-refractivity contribution < 1.29 is 9.90 Å². The molecule has 0 spiro atoms. The Labute approximate surface area is 140 Å². The summed E-state index contributed by atoms with van der Waals surface area (Å²) in [5.41, 5.74) is 3.40. The molecule has 1 N–H and O–H groups in total. The highest BCUT2D eigenvalue weighted by atomic mass is 32.1. The number of aromatic carboxylic acids is 1. The number of rotatable bonds is 3. The number of nitrogens with zero attached hydrogens (tertiary/aromatic N) is 1. The van der Waals surface area contributed by atoms with Crippen LogP contribution in [0.5, 0.6) is 0 Å². The number of thiazole rings is 1. The number of para-hydroxylation sites is 1. The van der Waals surface area contributed by atoms with E-state index in [-0.39, 0.29) is 0 Å². The lowest BCUT2D eigenvalue weighted by atomic mass is 10.0. The summed E-state index contributed by atoms with van der Waals surface area (Å²) in [7, 11) is 0. The number of carbonyl (C=O) groups is 1. The molecule has 0 radical (unpaired) electrons. The lowest BCUT2D eigenvalue weighted by molar-refractivity contribution is 0.0697. The highest BCUT2D eigenvalue weighted by Gasteiger charge is 2.14. The average molecular weight is 337 g/mol. The molecule has 0 fully saturated rings. The molecule has 4 aromatic rings. The molecule has 0 aliphatic carbocycles. The van der Waals surface area contributed by atoms with Crippen LogP contribution >= 0.6 is 22.7 Å². The van der Waals surface area contributed by atoms with Crippen LogP contribution in [0.4, 0.5) is 0 Å². The molecule has 0 bridgehead atoms. The fraction of sp³-hybridized carbons (Fsp3) is 0. The van der Waals surface area contributed by atoms with Crippen LogP contribution in [0.1, 0.15) is 10.4 Å². The Morgan fingerprint density at radius 2 is 1.78 bits per heavy atom. The van der Waals surface area contributed by atoms with Crippen molar-refractivity contribution in [1.29, 1.82) is 0 Å². The first kappa shape index (κ1) is 14.1. The van der Waals surface area contributed by atoms with Crippen molar-refractivity contribution in [2.24, 2.45) is 0 Å². The van der Waals surface area contributed by atoms with Crippen molar-refractivity contribution in [2.45, 2.75) is 0 Å². The van der Waals surface area contributed by atoms with Gasteiger partial charge in [-0.1, -0.05) is 24.3 Å².